The molecule has 4 rings (SSSR count). The van der Waals surface area contributed by atoms with E-state index in [1.54, 1.807) is 4.90 Å². The maximum absolute atomic E-state index is 13.0. The molecule has 0 bridgehead atoms. The van der Waals surface area contributed by atoms with Crippen LogP contribution >= 0.6 is 0 Å². The lowest BCUT2D eigenvalue weighted by Crippen LogP contribution is -2.50. The van der Waals surface area contributed by atoms with Gasteiger partial charge < -0.3 is 16.0 Å². The number of hydrogen-bond donors (Lipinski definition) is 2. The van der Waals surface area contributed by atoms with Crippen molar-refractivity contribution in [3.05, 3.63) is 35.9 Å². The minimum atomic E-state index is -0.809. The SMILES string of the molecule is CCC1CCC2(CC1)NC(=O)N(CC(=O)N1C[C@@H](N)[C@H](c3ccccc3)C1)C2=O. The molecule has 3 aliphatic rings. The van der Waals surface area contributed by atoms with E-state index in [1.165, 1.54) is 0 Å². The minimum absolute atomic E-state index is 0.0684. The van der Waals surface area contributed by atoms with Crippen LogP contribution in [0.5, 0.6) is 0 Å². The van der Waals surface area contributed by atoms with Crippen molar-refractivity contribution in [1.82, 2.24) is 15.1 Å². The first kappa shape index (κ1) is 19.9. The van der Waals surface area contributed by atoms with Crippen LogP contribution in [0.1, 0.15) is 50.5 Å². The van der Waals surface area contributed by atoms with Gasteiger partial charge in [0, 0.05) is 25.0 Å². The van der Waals surface area contributed by atoms with Crippen LogP contribution in [-0.4, -0.2) is 58.9 Å². The highest BCUT2D eigenvalue weighted by molar-refractivity contribution is 6.09. The van der Waals surface area contributed by atoms with Gasteiger partial charge in [-0.25, -0.2) is 4.79 Å². The summed E-state index contributed by atoms with van der Waals surface area (Å²) >= 11 is 0. The highest BCUT2D eigenvalue weighted by Gasteiger charge is 2.53. The quantitative estimate of drug-likeness (QED) is 0.757. The van der Waals surface area contributed by atoms with Crippen LogP contribution in [0.15, 0.2) is 30.3 Å². The molecule has 7 nitrogen and oxygen atoms in total. The number of amides is 4. The molecule has 2 aliphatic heterocycles. The summed E-state index contributed by atoms with van der Waals surface area (Å²) in [5.41, 5.74) is 6.59. The topological polar surface area (TPSA) is 95.7 Å². The normalized spacial score (nSPS) is 32.1. The maximum atomic E-state index is 13.0. The van der Waals surface area contributed by atoms with Crippen molar-refractivity contribution in [3.8, 4) is 0 Å². The Kier molecular flexibility index (Phi) is 5.34. The number of nitrogens with zero attached hydrogens (tertiary/aromatic N) is 2. The van der Waals surface area contributed by atoms with Crippen LogP contribution in [-0.2, 0) is 9.59 Å². The third-order valence-corrected chi connectivity index (χ3v) is 7.02. The molecule has 1 spiro atoms. The lowest BCUT2D eigenvalue weighted by molar-refractivity contribution is -0.139. The van der Waals surface area contributed by atoms with Gasteiger partial charge in [0.15, 0.2) is 0 Å². The molecule has 3 fully saturated rings. The van der Waals surface area contributed by atoms with Crippen LogP contribution in [0.4, 0.5) is 4.79 Å². The fourth-order valence-corrected chi connectivity index (χ4v) is 5.06. The van der Waals surface area contributed by atoms with E-state index < -0.39 is 11.6 Å². The molecule has 2 atom stereocenters. The highest BCUT2D eigenvalue weighted by Crippen LogP contribution is 2.37. The zero-order chi connectivity index (χ0) is 20.6. The number of rotatable bonds is 4. The van der Waals surface area contributed by atoms with E-state index in [1.807, 2.05) is 30.3 Å². The van der Waals surface area contributed by atoms with Crippen molar-refractivity contribution in [2.75, 3.05) is 19.6 Å². The van der Waals surface area contributed by atoms with Crippen LogP contribution in [0.2, 0.25) is 0 Å². The van der Waals surface area contributed by atoms with E-state index in [0.717, 1.165) is 29.7 Å². The minimum Gasteiger partial charge on any atom is -0.339 e. The van der Waals surface area contributed by atoms with E-state index in [2.05, 4.69) is 12.2 Å². The fourth-order valence-electron chi connectivity index (χ4n) is 5.06. The Morgan fingerprint density at radius 3 is 2.52 bits per heavy atom. The van der Waals surface area contributed by atoms with Crippen molar-refractivity contribution in [1.29, 1.82) is 0 Å². The summed E-state index contributed by atoms with van der Waals surface area (Å²) in [6.07, 6.45) is 4.28. The van der Waals surface area contributed by atoms with Crippen LogP contribution in [0, 0.1) is 5.92 Å². The molecule has 1 aromatic carbocycles. The van der Waals surface area contributed by atoms with Gasteiger partial charge in [0.2, 0.25) is 5.91 Å². The van der Waals surface area contributed by atoms with Crippen LogP contribution in [0.25, 0.3) is 0 Å². The maximum Gasteiger partial charge on any atom is 0.325 e. The molecule has 7 heteroatoms. The van der Waals surface area contributed by atoms with Gasteiger partial charge in [-0.2, -0.15) is 0 Å². The predicted octanol–water partition coefficient (Wildman–Crippen LogP) is 1.83. The molecule has 1 saturated carbocycles. The van der Waals surface area contributed by atoms with Gasteiger partial charge in [-0.15, -0.1) is 0 Å². The molecule has 0 unspecified atom stereocenters. The van der Waals surface area contributed by atoms with Gasteiger partial charge in [0.05, 0.1) is 0 Å². The second kappa shape index (κ2) is 7.78. The van der Waals surface area contributed by atoms with Crippen LogP contribution < -0.4 is 11.1 Å². The van der Waals surface area contributed by atoms with Crippen molar-refractivity contribution >= 4 is 17.8 Å². The number of carbonyl (C=O) groups is 3. The molecule has 0 aromatic heterocycles. The van der Waals surface area contributed by atoms with Crippen molar-refractivity contribution < 1.29 is 14.4 Å². The second-order valence-electron chi connectivity index (χ2n) is 8.73. The highest BCUT2D eigenvalue weighted by atomic mass is 16.2. The number of nitrogens with two attached hydrogens (primary N) is 1. The molecule has 1 aromatic rings. The van der Waals surface area contributed by atoms with Gasteiger partial charge in [-0.1, -0.05) is 43.7 Å². The summed E-state index contributed by atoms with van der Waals surface area (Å²) in [4.78, 5) is 41.2. The summed E-state index contributed by atoms with van der Waals surface area (Å²) < 4.78 is 0. The number of hydrogen-bond acceptors (Lipinski definition) is 4. The Hall–Kier alpha value is -2.41. The summed E-state index contributed by atoms with van der Waals surface area (Å²) in [6.45, 7) is 2.90. The Balaban J connectivity index is 1.40. The number of urea groups is 1. The van der Waals surface area contributed by atoms with E-state index in [-0.39, 0.29) is 30.3 Å². The third-order valence-electron chi connectivity index (χ3n) is 7.02. The average Bonchev–Trinajstić information content (AvgIpc) is 3.23. The standard InChI is InChI=1S/C22H30N4O3/c1-2-15-8-10-22(11-9-15)20(28)26(21(29)24-22)14-19(27)25-12-17(18(23)13-25)16-6-4-3-5-7-16/h3-7,15,17-18H,2,8-14,23H2,1H3,(H,24,29)/t15?,17-,18+,22?/m0/s1. The van der Waals surface area contributed by atoms with Gasteiger partial charge >= 0.3 is 6.03 Å². The van der Waals surface area contributed by atoms with Gasteiger partial charge in [0.25, 0.3) is 5.91 Å². The third kappa shape index (κ3) is 3.64. The van der Waals surface area contributed by atoms with Gasteiger partial charge in [-0.3, -0.25) is 14.5 Å². The van der Waals surface area contributed by atoms with E-state index in [4.69, 9.17) is 5.73 Å². The molecule has 1 aliphatic carbocycles. The van der Waals surface area contributed by atoms with E-state index in [0.29, 0.717) is 31.8 Å². The first-order valence-corrected chi connectivity index (χ1v) is 10.7. The largest absolute Gasteiger partial charge is 0.339 e. The van der Waals surface area contributed by atoms with Gasteiger partial charge in [-0.05, 0) is 37.2 Å². The predicted molar refractivity (Wildman–Crippen MR) is 109 cm³/mol. The Morgan fingerprint density at radius 1 is 1.17 bits per heavy atom. The average molecular weight is 399 g/mol. The zero-order valence-corrected chi connectivity index (χ0v) is 17.0. The molecular weight excluding hydrogens is 368 g/mol. The summed E-state index contributed by atoms with van der Waals surface area (Å²) in [5.74, 6) is 0.219. The monoisotopic (exact) mass is 398 g/mol. The van der Waals surface area contributed by atoms with Crippen molar-refractivity contribution in [2.45, 2.75) is 56.5 Å². The zero-order valence-electron chi connectivity index (χ0n) is 17.0. The van der Waals surface area contributed by atoms with Gasteiger partial charge in [0.1, 0.15) is 12.1 Å². The summed E-state index contributed by atoms with van der Waals surface area (Å²) in [7, 11) is 0. The first-order valence-electron chi connectivity index (χ1n) is 10.7. The first-order chi connectivity index (χ1) is 13.9. The van der Waals surface area contributed by atoms with Crippen molar-refractivity contribution in [3.63, 3.8) is 0 Å². The molecule has 2 heterocycles. The summed E-state index contributed by atoms with van der Waals surface area (Å²) in [5, 5.41) is 2.90. The molecule has 2 saturated heterocycles. The number of imide groups is 1. The molecule has 3 N–H and O–H groups in total. The Bertz CT molecular complexity index is 789. The Labute approximate surface area is 171 Å². The smallest absolute Gasteiger partial charge is 0.325 e. The molecule has 4 amide bonds. The number of carbonyl (C=O) groups excluding carboxylic acids is 3. The molecule has 29 heavy (non-hydrogen) atoms. The number of nitrogens with one attached hydrogen (secondary N) is 1. The molecule has 156 valence electrons. The van der Waals surface area contributed by atoms with E-state index in [9.17, 15) is 14.4 Å². The number of benzene rings is 1. The lowest BCUT2D eigenvalue weighted by atomic mass is 9.75. The summed E-state index contributed by atoms with van der Waals surface area (Å²) in [6, 6.07) is 9.33. The fraction of sp³-hybridized carbons (Fsp3) is 0.591. The molecular formula is C22H30N4O3. The Morgan fingerprint density at radius 2 is 1.86 bits per heavy atom. The molecule has 0 radical (unpaired) electrons. The van der Waals surface area contributed by atoms with Crippen molar-refractivity contribution in [2.24, 2.45) is 11.7 Å². The lowest BCUT2D eigenvalue weighted by Gasteiger charge is -2.34. The van der Waals surface area contributed by atoms with Crippen LogP contribution in [0.3, 0.4) is 0 Å². The van der Waals surface area contributed by atoms with E-state index >= 15 is 0 Å². The second-order valence-corrected chi connectivity index (χ2v) is 8.73. The number of likely N-dealkylation sites (tertiary alicyclic amines) is 1.